The summed E-state index contributed by atoms with van der Waals surface area (Å²) in [6.07, 6.45) is 1.75. The van der Waals surface area contributed by atoms with Crippen molar-refractivity contribution in [3.63, 3.8) is 0 Å². The normalized spacial score (nSPS) is 12.2. The Hall–Kier alpha value is -2.72. The molecule has 132 valence electrons. The number of para-hydroxylation sites is 1. The molecule has 0 saturated heterocycles. The van der Waals surface area contributed by atoms with Gasteiger partial charge in [-0.1, -0.05) is 67.8 Å². The number of aryl methyl sites for hydroxylation is 1. The van der Waals surface area contributed by atoms with E-state index in [1.165, 1.54) is 0 Å². The second-order valence-electron chi connectivity index (χ2n) is 7.57. The molecule has 0 unspecified atom stereocenters. The highest BCUT2D eigenvalue weighted by Gasteiger charge is 2.20. The zero-order chi connectivity index (χ0) is 18.7. The molecule has 26 heavy (non-hydrogen) atoms. The van der Waals surface area contributed by atoms with Crippen LogP contribution in [0.4, 0.5) is 5.69 Å². The van der Waals surface area contributed by atoms with Gasteiger partial charge in [0.25, 0.3) is 5.91 Å². The lowest BCUT2D eigenvalue weighted by atomic mass is 10.0. The van der Waals surface area contributed by atoms with Gasteiger partial charge in [0.2, 0.25) is 0 Å². The van der Waals surface area contributed by atoms with Gasteiger partial charge in [-0.2, -0.15) is 0 Å². The minimum Gasteiger partial charge on any atom is -0.320 e. The van der Waals surface area contributed by atoms with Crippen LogP contribution in [-0.4, -0.2) is 19.0 Å². The number of benzene rings is 2. The number of nitrogens with zero attached hydrogens (tertiary/aromatic N) is 1. The third kappa shape index (κ3) is 4.08. The van der Waals surface area contributed by atoms with Crippen LogP contribution < -0.4 is 5.32 Å². The minimum absolute atomic E-state index is 0.0834. The van der Waals surface area contributed by atoms with Gasteiger partial charge in [0.1, 0.15) is 0 Å². The van der Waals surface area contributed by atoms with Gasteiger partial charge < -0.3 is 5.32 Å². The lowest BCUT2D eigenvalue weighted by molar-refractivity contribution is -0.111. The molecule has 3 nitrogen and oxygen atoms in total. The average molecular weight is 361 g/mol. The first-order valence-electron chi connectivity index (χ1n) is 8.79. The van der Waals surface area contributed by atoms with E-state index in [4.69, 9.17) is 0 Å². The predicted octanol–water partition coefficient (Wildman–Crippen LogP) is 5.44. The maximum atomic E-state index is 13.2. The first-order chi connectivity index (χ1) is 12.3. The zero-order valence-electron chi connectivity index (χ0n) is 15.7. The van der Waals surface area contributed by atoms with Crippen LogP contribution in [0, 0.1) is 6.92 Å². The van der Waals surface area contributed by atoms with Crippen LogP contribution >= 0.6 is 0 Å². The predicted molar refractivity (Wildman–Crippen MR) is 113 cm³/mol. The highest BCUT2D eigenvalue weighted by molar-refractivity contribution is 6.82. The summed E-state index contributed by atoms with van der Waals surface area (Å²) in [5.74, 6) is -0.0834. The van der Waals surface area contributed by atoms with Crippen LogP contribution in [0.15, 0.2) is 66.5 Å². The standard InChI is InChI=1S/C22H24N2OSi/c1-16-9-5-6-12-18(16)19(15-26(2,3)4)22(25)24-20-13-7-10-17-11-8-14-23-21(17)20/h5-15H,1-4H3,(H,24,25)/b19-15+. The Morgan fingerprint density at radius 1 is 1.00 bits per heavy atom. The molecule has 3 rings (SSSR count). The summed E-state index contributed by atoms with van der Waals surface area (Å²) in [6.45, 7) is 8.74. The van der Waals surface area contributed by atoms with Gasteiger partial charge in [-0.05, 0) is 30.2 Å². The van der Waals surface area contributed by atoms with E-state index in [2.05, 4.69) is 35.6 Å². The Bertz CT molecular complexity index is 981. The van der Waals surface area contributed by atoms with Crippen LogP contribution in [0.2, 0.25) is 19.6 Å². The van der Waals surface area contributed by atoms with Crippen LogP contribution in [0.5, 0.6) is 0 Å². The summed E-state index contributed by atoms with van der Waals surface area (Å²) in [7, 11) is -1.60. The minimum atomic E-state index is -1.60. The van der Waals surface area contributed by atoms with Crippen molar-refractivity contribution < 1.29 is 4.79 Å². The maximum absolute atomic E-state index is 13.2. The molecule has 0 aliphatic carbocycles. The molecule has 1 N–H and O–H groups in total. The smallest absolute Gasteiger partial charge is 0.255 e. The number of aromatic nitrogens is 1. The molecule has 3 aromatic rings. The van der Waals surface area contributed by atoms with E-state index >= 15 is 0 Å². The van der Waals surface area contributed by atoms with Gasteiger partial charge in [0.05, 0.1) is 19.3 Å². The number of amides is 1. The molecular weight excluding hydrogens is 336 g/mol. The maximum Gasteiger partial charge on any atom is 0.255 e. The Labute approximate surface area is 155 Å². The Morgan fingerprint density at radius 3 is 2.46 bits per heavy atom. The van der Waals surface area contributed by atoms with E-state index in [9.17, 15) is 4.79 Å². The van der Waals surface area contributed by atoms with Crippen LogP contribution in [0.1, 0.15) is 11.1 Å². The number of carbonyl (C=O) groups excluding carboxylic acids is 1. The van der Waals surface area contributed by atoms with Gasteiger partial charge in [-0.25, -0.2) is 0 Å². The molecule has 0 aliphatic rings. The van der Waals surface area contributed by atoms with E-state index in [0.29, 0.717) is 0 Å². The highest BCUT2D eigenvalue weighted by Crippen LogP contribution is 2.26. The number of rotatable bonds is 4. The lowest BCUT2D eigenvalue weighted by Crippen LogP contribution is -2.22. The number of hydrogen-bond acceptors (Lipinski definition) is 2. The van der Waals surface area contributed by atoms with E-state index in [-0.39, 0.29) is 5.91 Å². The van der Waals surface area contributed by atoms with Crippen molar-refractivity contribution in [3.05, 3.63) is 77.6 Å². The number of carbonyl (C=O) groups is 1. The summed E-state index contributed by atoms with van der Waals surface area (Å²) < 4.78 is 0. The first kappa shape index (κ1) is 18.1. The van der Waals surface area contributed by atoms with Gasteiger partial charge in [0.15, 0.2) is 0 Å². The molecule has 0 saturated carbocycles. The SMILES string of the molecule is Cc1ccccc1/C(=C\[Si](C)(C)C)C(=O)Nc1cccc2cccnc12. The Morgan fingerprint density at radius 2 is 1.73 bits per heavy atom. The second-order valence-corrected chi connectivity index (χ2v) is 12.6. The van der Waals surface area contributed by atoms with Crippen molar-refractivity contribution in [2.24, 2.45) is 0 Å². The number of anilines is 1. The van der Waals surface area contributed by atoms with Crippen molar-refractivity contribution in [1.29, 1.82) is 0 Å². The van der Waals surface area contributed by atoms with Gasteiger partial charge >= 0.3 is 0 Å². The molecule has 0 radical (unpaired) electrons. The van der Waals surface area contributed by atoms with E-state index in [0.717, 1.165) is 33.3 Å². The lowest BCUT2D eigenvalue weighted by Gasteiger charge is -2.17. The fourth-order valence-corrected chi connectivity index (χ4v) is 4.12. The number of pyridine rings is 1. The first-order valence-corrected chi connectivity index (χ1v) is 12.4. The Balaban J connectivity index is 2.04. The summed E-state index contributed by atoms with van der Waals surface area (Å²) in [5.41, 5.74) is 6.55. The number of nitrogens with one attached hydrogen (secondary N) is 1. The van der Waals surface area contributed by atoms with Gasteiger partial charge in [-0.3, -0.25) is 9.78 Å². The van der Waals surface area contributed by atoms with Gasteiger partial charge in [0, 0.05) is 17.2 Å². The molecule has 0 aliphatic heterocycles. The summed E-state index contributed by atoms with van der Waals surface area (Å²) in [4.78, 5) is 17.6. The molecule has 0 fully saturated rings. The number of fused-ring (bicyclic) bond motifs is 1. The van der Waals surface area contributed by atoms with Crippen LogP contribution in [0.25, 0.3) is 16.5 Å². The van der Waals surface area contributed by atoms with E-state index < -0.39 is 8.07 Å². The molecule has 0 spiro atoms. The molecular formula is C22H24N2OSi. The molecule has 1 aromatic heterocycles. The summed E-state index contributed by atoms with van der Waals surface area (Å²) >= 11 is 0. The van der Waals surface area contributed by atoms with Crippen molar-refractivity contribution in [1.82, 2.24) is 4.98 Å². The fourth-order valence-electron chi connectivity index (χ4n) is 2.97. The molecule has 4 heteroatoms. The van der Waals surface area contributed by atoms with E-state index in [1.54, 1.807) is 6.20 Å². The third-order valence-electron chi connectivity index (χ3n) is 4.14. The third-order valence-corrected chi connectivity index (χ3v) is 5.29. The molecule has 0 bridgehead atoms. The molecule has 2 aromatic carbocycles. The molecule has 1 heterocycles. The van der Waals surface area contributed by atoms with Crippen molar-refractivity contribution in [2.75, 3.05) is 5.32 Å². The number of hydrogen-bond donors (Lipinski definition) is 1. The van der Waals surface area contributed by atoms with Crippen LogP contribution in [0.3, 0.4) is 0 Å². The largest absolute Gasteiger partial charge is 0.320 e. The summed E-state index contributed by atoms with van der Waals surface area (Å²) in [5, 5.41) is 4.10. The molecule has 0 atom stereocenters. The Kier molecular flexibility index (Phi) is 5.05. The quantitative estimate of drug-likeness (QED) is 0.497. The van der Waals surface area contributed by atoms with Crippen LogP contribution in [-0.2, 0) is 4.79 Å². The van der Waals surface area contributed by atoms with E-state index in [1.807, 2.05) is 61.5 Å². The monoisotopic (exact) mass is 360 g/mol. The topological polar surface area (TPSA) is 42.0 Å². The van der Waals surface area contributed by atoms with Crippen molar-refractivity contribution in [3.8, 4) is 0 Å². The molecule has 1 amide bonds. The van der Waals surface area contributed by atoms with Crippen molar-refractivity contribution in [2.45, 2.75) is 26.6 Å². The summed E-state index contributed by atoms with van der Waals surface area (Å²) in [6, 6.07) is 17.8. The highest BCUT2D eigenvalue weighted by atomic mass is 28.3. The average Bonchev–Trinajstić information content (AvgIpc) is 2.60. The van der Waals surface area contributed by atoms with Crippen molar-refractivity contribution >= 4 is 36.1 Å². The second kappa shape index (κ2) is 7.26. The van der Waals surface area contributed by atoms with Gasteiger partial charge in [-0.15, -0.1) is 0 Å². The fraction of sp³-hybridized carbons (Fsp3) is 0.182. The zero-order valence-corrected chi connectivity index (χ0v) is 16.7.